The Labute approximate surface area is 70.0 Å². The van der Waals surface area contributed by atoms with Crippen molar-refractivity contribution < 1.29 is 18.1 Å². The number of isothiocyanates is 1. The van der Waals surface area contributed by atoms with E-state index in [2.05, 4.69) is 30.8 Å². The van der Waals surface area contributed by atoms with E-state index in [0.29, 0.717) is 0 Å². The first-order valence-electron chi connectivity index (χ1n) is 2.58. The summed E-state index contributed by atoms with van der Waals surface area (Å²) in [4.78, 5) is 3.36. The Hall–Kier alpha value is -0.0900. The lowest BCUT2D eigenvalue weighted by molar-refractivity contribution is 0.156. The van der Waals surface area contributed by atoms with E-state index in [1.807, 2.05) is 5.16 Å². The lowest BCUT2D eigenvalue weighted by Gasteiger charge is -2.10. The van der Waals surface area contributed by atoms with Gasteiger partial charge in [-0.05, 0) is 12.2 Å². The van der Waals surface area contributed by atoms with Gasteiger partial charge < -0.3 is 0 Å². The Kier molecular flexibility index (Phi) is 5.50. The molecule has 0 aliphatic rings. The monoisotopic (exact) mass is 197 g/mol. The van der Waals surface area contributed by atoms with Crippen molar-refractivity contribution in [3.63, 3.8) is 0 Å². The Morgan fingerprint density at radius 2 is 2.09 bits per heavy atom. The van der Waals surface area contributed by atoms with Gasteiger partial charge in [-0.2, -0.15) is 0 Å². The lowest BCUT2D eigenvalue weighted by Crippen LogP contribution is -1.94. The minimum atomic E-state index is -3.39. The smallest absolute Gasteiger partial charge is 0.290 e. The molecule has 0 bridgehead atoms. The highest BCUT2D eigenvalue weighted by molar-refractivity contribution is 7.78. The molecular formula is C4H8NO4PS. The first kappa shape index (κ1) is 10.9. The molecule has 0 saturated carbocycles. The highest BCUT2D eigenvalue weighted by Crippen LogP contribution is 2.47. The minimum absolute atomic E-state index is 0.178. The number of phosphoric acid groups is 1. The summed E-state index contributed by atoms with van der Waals surface area (Å²) >= 11 is 4.24. The number of rotatable bonds is 5. The Bertz CT molecular complexity index is 194. The van der Waals surface area contributed by atoms with Crippen LogP contribution in [0.4, 0.5) is 0 Å². The van der Waals surface area contributed by atoms with Crippen molar-refractivity contribution in [1.29, 1.82) is 0 Å². The summed E-state index contributed by atoms with van der Waals surface area (Å²) in [6.07, 6.45) is 0. The SMILES string of the molecule is COP(=O)(OC)OCN=C=S. The second-order valence-electron chi connectivity index (χ2n) is 1.32. The molecule has 0 fully saturated rings. The van der Waals surface area contributed by atoms with E-state index in [-0.39, 0.29) is 6.73 Å². The van der Waals surface area contributed by atoms with Gasteiger partial charge in [-0.15, -0.1) is 0 Å². The number of aliphatic imine (C=N–C) groups is 1. The summed E-state index contributed by atoms with van der Waals surface area (Å²) in [5, 5.41) is 2.04. The highest BCUT2D eigenvalue weighted by Gasteiger charge is 2.21. The zero-order valence-electron chi connectivity index (χ0n) is 6.14. The fraction of sp³-hybridized carbons (Fsp3) is 0.750. The number of phosphoric ester groups is 1. The molecule has 0 amide bonds. The Balaban J connectivity index is 3.88. The zero-order valence-corrected chi connectivity index (χ0v) is 7.85. The summed E-state index contributed by atoms with van der Waals surface area (Å²) in [6, 6.07) is 0. The van der Waals surface area contributed by atoms with Gasteiger partial charge in [0.25, 0.3) is 0 Å². The highest BCUT2D eigenvalue weighted by atomic mass is 32.1. The van der Waals surface area contributed by atoms with Crippen molar-refractivity contribution in [3.8, 4) is 0 Å². The third-order valence-corrected chi connectivity index (χ3v) is 2.25. The van der Waals surface area contributed by atoms with Crippen LogP contribution >= 0.6 is 20.0 Å². The van der Waals surface area contributed by atoms with E-state index in [0.717, 1.165) is 0 Å². The van der Waals surface area contributed by atoms with Crippen LogP contribution in [0.2, 0.25) is 0 Å². The molecule has 0 rings (SSSR count). The van der Waals surface area contributed by atoms with Crippen LogP contribution in [-0.4, -0.2) is 26.1 Å². The van der Waals surface area contributed by atoms with Gasteiger partial charge in [-0.25, -0.2) is 9.56 Å². The van der Waals surface area contributed by atoms with Crippen molar-refractivity contribution >= 4 is 25.2 Å². The molecule has 0 aromatic heterocycles. The van der Waals surface area contributed by atoms with Crippen molar-refractivity contribution in [2.24, 2.45) is 4.99 Å². The summed E-state index contributed by atoms with van der Waals surface area (Å²) in [5.41, 5.74) is 0. The molecule has 0 saturated heterocycles. The first-order chi connectivity index (χ1) is 5.18. The Morgan fingerprint density at radius 3 is 2.45 bits per heavy atom. The molecule has 7 heteroatoms. The van der Waals surface area contributed by atoms with Gasteiger partial charge in [0.2, 0.25) is 0 Å². The van der Waals surface area contributed by atoms with Gasteiger partial charge >= 0.3 is 7.82 Å². The average Bonchev–Trinajstić information content (AvgIpc) is 2.05. The third kappa shape index (κ3) is 4.37. The van der Waals surface area contributed by atoms with Crippen molar-refractivity contribution in [1.82, 2.24) is 0 Å². The van der Waals surface area contributed by atoms with Gasteiger partial charge in [0.15, 0.2) is 6.73 Å². The third-order valence-electron chi connectivity index (χ3n) is 0.792. The molecule has 0 aliphatic carbocycles. The molecule has 0 unspecified atom stereocenters. The van der Waals surface area contributed by atoms with E-state index >= 15 is 0 Å². The van der Waals surface area contributed by atoms with E-state index in [1.165, 1.54) is 14.2 Å². The molecule has 0 aromatic carbocycles. The van der Waals surface area contributed by atoms with E-state index in [1.54, 1.807) is 0 Å². The molecule has 11 heavy (non-hydrogen) atoms. The van der Waals surface area contributed by atoms with E-state index in [4.69, 9.17) is 0 Å². The molecule has 64 valence electrons. The molecule has 0 aromatic rings. The lowest BCUT2D eigenvalue weighted by atomic mass is 11.3. The summed E-state index contributed by atoms with van der Waals surface area (Å²) < 4.78 is 24.5. The number of thiocarbonyl (C=S) groups is 1. The van der Waals surface area contributed by atoms with Crippen molar-refractivity contribution in [2.45, 2.75) is 0 Å². The molecule has 5 nitrogen and oxygen atoms in total. The second-order valence-corrected chi connectivity index (χ2v) is 3.39. The maximum absolute atomic E-state index is 11.0. The maximum Gasteiger partial charge on any atom is 0.476 e. The van der Waals surface area contributed by atoms with Crippen LogP contribution in [0, 0.1) is 0 Å². The molecular weight excluding hydrogens is 189 g/mol. The van der Waals surface area contributed by atoms with Gasteiger partial charge in [0, 0.05) is 14.2 Å². The van der Waals surface area contributed by atoms with Gasteiger partial charge in [0.05, 0.1) is 5.16 Å². The van der Waals surface area contributed by atoms with Crippen LogP contribution in [0.25, 0.3) is 0 Å². The van der Waals surface area contributed by atoms with Gasteiger partial charge in [-0.3, -0.25) is 13.6 Å². The van der Waals surface area contributed by atoms with Crippen LogP contribution in [0.5, 0.6) is 0 Å². The molecule has 0 N–H and O–H groups in total. The topological polar surface area (TPSA) is 57.1 Å². The number of nitrogens with zero attached hydrogens (tertiary/aromatic N) is 1. The van der Waals surface area contributed by atoms with Crippen LogP contribution in [0.1, 0.15) is 0 Å². The van der Waals surface area contributed by atoms with E-state index < -0.39 is 7.82 Å². The molecule has 0 radical (unpaired) electrons. The Morgan fingerprint density at radius 1 is 1.55 bits per heavy atom. The van der Waals surface area contributed by atoms with Crippen LogP contribution in [0.15, 0.2) is 4.99 Å². The van der Waals surface area contributed by atoms with Crippen LogP contribution < -0.4 is 0 Å². The van der Waals surface area contributed by atoms with Gasteiger partial charge in [0.1, 0.15) is 0 Å². The fourth-order valence-corrected chi connectivity index (χ4v) is 0.918. The molecule has 0 atom stereocenters. The molecule has 0 spiro atoms. The predicted molar refractivity (Wildman–Crippen MR) is 42.6 cm³/mol. The molecule has 0 heterocycles. The van der Waals surface area contributed by atoms with Crippen LogP contribution in [-0.2, 0) is 18.1 Å². The zero-order chi connectivity index (χ0) is 8.74. The van der Waals surface area contributed by atoms with Crippen LogP contribution in [0.3, 0.4) is 0 Å². The predicted octanol–water partition coefficient (Wildman–Crippen LogP) is 1.46. The summed E-state index contributed by atoms with van der Waals surface area (Å²) in [5.74, 6) is 0. The van der Waals surface area contributed by atoms with Gasteiger partial charge in [-0.1, -0.05) is 0 Å². The summed E-state index contributed by atoms with van der Waals surface area (Å²) in [6.45, 7) is -0.178. The normalized spacial score (nSPS) is 10.7. The number of hydrogen-bond acceptors (Lipinski definition) is 6. The summed E-state index contributed by atoms with van der Waals surface area (Å²) in [7, 11) is -0.964. The quantitative estimate of drug-likeness (QED) is 0.379. The molecule has 0 aliphatic heterocycles. The van der Waals surface area contributed by atoms with E-state index in [9.17, 15) is 4.57 Å². The maximum atomic E-state index is 11.0. The largest absolute Gasteiger partial charge is 0.476 e. The van der Waals surface area contributed by atoms with Crippen molar-refractivity contribution in [3.05, 3.63) is 0 Å². The number of hydrogen-bond donors (Lipinski definition) is 0. The first-order valence-corrected chi connectivity index (χ1v) is 4.45. The fourth-order valence-electron chi connectivity index (χ4n) is 0.306. The van der Waals surface area contributed by atoms with Crippen molar-refractivity contribution in [2.75, 3.05) is 21.0 Å². The standard InChI is InChI=1S/C4H8NO4PS/c1-7-10(6,8-2)9-3-5-4-11/h3H2,1-2H3. The average molecular weight is 197 g/mol. The minimum Gasteiger partial charge on any atom is -0.290 e. The second kappa shape index (κ2) is 5.55.